The van der Waals surface area contributed by atoms with E-state index in [-0.39, 0.29) is 5.91 Å². The number of benzene rings is 1. The van der Waals surface area contributed by atoms with E-state index < -0.39 is 0 Å². The summed E-state index contributed by atoms with van der Waals surface area (Å²) in [7, 11) is 0. The highest BCUT2D eigenvalue weighted by molar-refractivity contribution is 6.31. The molecule has 14 heavy (non-hydrogen) atoms. The Morgan fingerprint density at radius 1 is 1.14 bits per heavy atom. The second-order valence-corrected chi connectivity index (χ2v) is 4.30. The maximum atomic E-state index is 11.6. The molecule has 1 amide bonds. The summed E-state index contributed by atoms with van der Waals surface area (Å²) in [6.45, 7) is 0.835. The van der Waals surface area contributed by atoms with Crippen LogP contribution >= 0.6 is 11.6 Å². The third-order valence-corrected chi connectivity index (χ3v) is 3.23. The van der Waals surface area contributed by atoms with Crippen LogP contribution in [0.15, 0.2) is 12.1 Å². The molecule has 0 spiro atoms. The maximum absolute atomic E-state index is 11.6. The zero-order valence-electron chi connectivity index (χ0n) is 7.72. The molecule has 3 heteroatoms. The van der Waals surface area contributed by atoms with Crippen LogP contribution in [0.5, 0.6) is 0 Å². The van der Waals surface area contributed by atoms with E-state index in [1.54, 1.807) is 0 Å². The molecule has 0 atom stereocenters. The first-order valence-corrected chi connectivity index (χ1v) is 5.25. The van der Waals surface area contributed by atoms with Gasteiger partial charge < -0.3 is 4.90 Å². The smallest absolute Gasteiger partial charge is 0.227 e. The standard InChI is InChI=1S/C11H10ClNO/c12-9-5-7-1-2-10(14)13-4-3-8(6-9)11(7)13/h5-6H,1-4H2. The van der Waals surface area contributed by atoms with E-state index in [1.165, 1.54) is 11.1 Å². The number of aryl methyl sites for hydroxylation is 1. The Morgan fingerprint density at radius 3 is 2.64 bits per heavy atom. The quantitative estimate of drug-likeness (QED) is 0.639. The van der Waals surface area contributed by atoms with Gasteiger partial charge in [-0.2, -0.15) is 0 Å². The van der Waals surface area contributed by atoms with E-state index >= 15 is 0 Å². The van der Waals surface area contributed by atoms with Gasteiger partial charge in [0.05, 0.1) is 5.69 Å². The summed E-state index contributed by atoms with van der Waals surface area (Å²) in [4.78, 5) is 13.5. The van der Waals surface area contributed by atoms with Crippen molar-refractivity contribution < 1.29 is 4.79 Å². The highest BCUT2D eigenvalue weighted by atomic mass is 35.5. The van der Waals surface area contributed by atoms with Crippen molar-refractivity contribution in [3.63, 3.8) is 0 Å². The molecule has 0 fully saturated rings. The molecule has 0 saturated carbocycles. The molecule has 2 aliphatic rings. The Hall–Kier alpha value is -1.02. The van der Waals surface area contributed by atoms with Crippen molar-refractivity contribution in [1.29, 1.82) is 0 Å². The monoisotopic (exact) mass is 207 g/mol. The zero-order valence-corrected chi connectivity index (χ0v) is 8.47. The number of hydrogen-bond acceptors (Lipinski definition) is 1. The van der Waals surface area contributed by atoms with E-state index in [4.69, 9.17) is 11.6 Å². The molecular formula is C11H10ClNO. The molecule has 0 unspecified atom stereocenters. The first-order chi connectivity index (χ1) is 6.75. The summed E-state index contributed by atoms with van der Waals surface area (Å²) in [5.74, 6) is 0.263. The van der Waals surface area contributed by atoms with E-state index in [0.717, 1.165) is 30.1 Å². The molecule has 1 aromatic rings. The van der Waals surface area contributed by atoms with Crippen molar-refractivity contribution >= 4 is 23.2 Å². The van der Waals surface area contributed by atoms with Crippen molar-refractivity contribution in [2.45, 2.75) is 19.3 Å². The van der Waals surface area contributed by atoms with E-state index in [1.807, 2.05) is 17.0 Å². The Morgan fingerprint density at radius 2 is 1.86 bits per heavy atom. The van der Waals surface area contributed by atoms with Crippen LogP contribution in [0, 0.1) is 0 Å². The SMILES string of the molecule is O=C1CCc2cc(Cl)cc3c2N1CC3. The molecule has 1 aromatic carbocycles. The third kappa shape index (κ3) is 1.01. The number of anilines is 1. The molecule has 2 aliphatic heterocycles. The normalized spacial score (nSPS) is 18.6. The molecule has 2 heterocycles. The van der Waals surface area contributed by atoms with Gasteiger partial charge in [0.15, 0.2) is 0 Å². The number of halogens is 1. The first-order valence-electron chi connectivity index (χ1n) is 4.87. The Labute approximate surface area is 87.5 Å². The lowest BCUT2D eigenvalue weighted by Crippen LogP contribution is -2.32. The molecular weight excluding hydrogens is 198 g/mol. The third-order valence-electron chi connectivity index (χ3n) is 3.02. The summed E-state index contributed by atoms with van der Waals surface area (Å²) in [5.41, 5.74) is 3.62. The van der Waals surface area contributed by atoms with Gasteiger partial charge in [-0.15, -0.1) is 0 Å². The lowest BCUT2D eigenvalue weighted by molar-refractivity contribution is -0.118. The average molecular weight is 208 g/mol. The van der Waals surface area contributed by atoms with Gasteiger partial charge in [-0.3, -0.25) is 4.79 Å². The molecule has 0 aromatic heterocycles. The number of rotatable bonds is 0. The molecule has 72 valence electrons. The number of carbonyl (C=O) groups is 1. The molecule has 0 bridgehead atoms. The fourth-order valence-corrected chi connectivity index (χ4v) is 2.68. The van der Waals surface area contributed by atoms with E-state index in [2.05, 4.69) is 0 Å². The van der Waals surface area contributed by atoms with Gasteiger partial charge in [-0.25, -0.2) is 0 Å². The van der Waals surface area contributed by atoms with E-state index in [9.17, 15) is 4.79 Å². The number of carbonyl (C=O) groups excluding carboxylic acids is 1. The summed E-state index contributed by atoms with van der Waals surface area (Å²) in [6.07, 6.45) is 2.43. The predicted molar refractivity (Wildman–Crippen MR) is 55.8 cm³/mol. The topological polar surface area (TPSA) is 20.3 Å². The van der Waals surface area contributed by atoms with Crippen LogP contribution in [0.2, 0.25) is 5.02 Å². The predicted octanol–water partition coefficient (Wildman–Crippen LogP) is 2.18. The highest BCUT2D eigenvalue weighted by Crippen LogP contribution is 2.38. The molecule has 2 nitrogen and oxygen atoms in total. The number of nitrogens with zero attached hydrogens (tertiary/aromatic N) is 1. The molecule has 0 saturated heterocycles. The zero-order chi connectivity index (χ0) is 9.71. The van der Waals surface area contributed by atoms with Crippen molar-refractivity contribution in [3.05, 3.63) is 28.3 Å². The van der Waals surface area contributed by atoms with Crippen LogP contribution in [-0.2, 0) is 17.6 Å². The minimum Gasteiger partial charge on any atom is -0.312 e. The average Bonchev–Trinajstić information content (AvgIpc) is 2.56. The fourth-order valence-electron chi connectivity index (χ4n) is 2.42. The fraction of sp³-hybridized carbons (Fsp3) is 0.364. The molecule has 3 rings (SSSR count). The van der Waals surface area contributed by atoms with Crippen molar-refractivity contribution in [1.82, 2.24) is 0 Å². The highest BCUT2D eigenvalue weighted by Gasteiger charge is 2.30. The van der Waals surface area contributed by atoms with Crippen molar-refractivity contribution in [2.75, 3.05) is 11.4 Å². The summed E-state index contributed by atoms with van der Waals surface area (Å²) >= 11 is 6.01. The van der Waals surface area contributed by atoms with Gasteiger partial charge in [-0.05, 0) is 36.1 Å². The number of amides is 1. The van der Waals surface area contributed by atoms with Crippen molar-refractivity contribution in [3.8, 4) is 0 Å². The van der Waals surface area contributed by atoms with Crippen LogP contribution in [0.25, 0.3) is 0 Å². The minimum atomic E-state index is 0.263. The summed E-state index contributed by atoms with van der Waals surface area (Å²) in [6, 6.07) is 3.98. The number of hydrogen-bond donors (Lipinski definition) is 0. The van der Waals surface area contributed by atoms with Crippen LogP contribution in [0.4, 0.5) is 5.69 Å². The van der Waals surface area contributed by atoms with Gasteiger partial charge >= 0.3 is 0 Å². The van der Waals surface area contributed by atoms with Gasteiger partial charge in [0.2, 0.25) is 5.91 Å². The Kier molecular flexibility index (Phi) is 1.62. The lowest BCUT2D eigenvalue weighted by atomic mass is 10.00. The molecule has 0 aliphatic carbocycles. The second kappa shape index (κ2) is 2.74. The summed E-state index contributed by atoms with van der Waals surface area (Å²) < 4.78 is 0. The lowest BCUT2D eigenvalue weighted by Gasteiger charge is -2.25. The first kappa shape index (κ1) is 8.30. The van der Waals surface area contributed by atoms with Gasteiger partial charge in [0.25, 0.3) is 0 Å². The maximum Gasteiger partial charge on any atom is 0.227 e. The molecule has 0 N–H and O–H groups in total. The van der Waals surface area contributed by atoms with Crippen LogP contribution in [0.3, 0.4) is 0 Å². The summed E-state index contributed by atoms with van der Waals surface area (Å²) in [5, 5.41) is 0.801. The van der Waals surface area contributed by atoms with Gasteiger partial charge in [0, 0.05) is 18.0 Å². The Balaban J connectivity index is 2.24. The largest absolute Gasteiger partial charge is 0.312 e. The van der Waals surface area contributed by atoms with Gasteiger partial charge in [-0.1, -0.05) is 11.6 Å². The second-order valence-electron chi connectivity index (χ2n) is 3.87. The van der Waals surface area contributed by atoms with Gasteiger partial charge in [0.1, 0.15) is 0 Å². The van der Waals surface area contributed by atoms with Crippen LogP contribution < -0.4 is 4.90 Å². The van der Waals surface area contributed by atoms with Crippen molar-refractivity contribution in [2.24, 2.45) is 0 Å². The molecule has 0 radical (unpaired) electrons. The Bertz CT molecular complexity index is 428. The van der Waals surface area contributed by atoms with E-state index in [0.29, 0.717) is 6.42 Å². The van der Waals surface area contributed by atoms with Crippen LogP contribution in [0.1, 0.15) is 17.5 Å². The minimum absolute atomic E-state index is 0.263. The van der Waals surface area contributed by atoms with Crippen LogP contribution in [-0.4, -0.2) is 12.5 Å².